The predicted octanol–water partition coefficient (Wildman–Crippen LogP) is 3.39. The molecule has 7 nitrogen and oxygen atoms in total. The van der Waals surface area contributed by atoms with Gasteiger partial charge in [-0.3, -0.25) is 9.36 Å². The molecule has 1 aromatic carbocycles. The molecule has 0 spiro atoms. The van der Waals surface area contributed by atoms with Crippen LogP contribution in [0.4, 0.5) is 11.5 Å². The van der Waals surface area contributed by atoms with Gasteiger partial charge in [0.1, 0.15) is 23.8 Å². The Labute approximate surface area is 170 Å². The number of nitrogens with one attached hydrogen (secondary N) is 1. The van der Waals surface area contributed by atoms with E-state index in [-0.39, 0.29) is 11.8 Å². The summed E-state index contributed by atoms with van der Waals surface area (Å²) >= 11 is 0. The number of benzene rings is 1. The molecule has 29 heavy (non-hydrogen) atoms. The van der Waals surface area contributed by atoms with Crippen LogP contribution in [0, 0.1) is 12.8 Å². The lowest BCUT2D eigenvalue weighted by Gasteiger charge is -2.32. The van der Waals surface area contributed by atoms with Gasteiger partial charge in [0.25, 0.3) is 0 Å². The van der Waals surface area contributed by atoms with E-state index in [2.05, 4.69) is 38.2 Å². The molecule has 1 aliphatic rings. The van der Waals surface area contributed by atoms with Crippen LogP contribution in [0.25, 0.3) is 5.82 Å². The van der Waals surface area contributed by atoms with Crippen LogP contribution < -0.4 is 10.2 Å². The van der Waals surface area contributed by atoms with Crippen molar-refractivity contribution in [1.82, 2.24) is 19.5 Å². The number of aromatic nitrogens is 4. The van der Waals surface area contributed by atoms with Crippen molar-refractivity contribution < 1.29 is 4.79 Å². The molecule has 4 rings (SSSR count). The van der Waals surface area contributed by atoms with Gasteiger partial charge in [-0.2, -0.15) is 0 Å². The van der Waals surface area contributed by atoms with Crippen LogP contribution in [0.5, 0.6) is 0 Å². The molecule has 1 amide bonds. The van der Waals surface area contributed by atoms with Crippen LogP contribution in [0.3, 0.4) is 0 Å². The predicted molar refractivity (Wildman–Crippen MR) is 113 cm³/mol. The molecule has 150 valence electrons. The molecule has 0 aliphatic carbocycles. The number of aryl methyl sites for hydroxylation is 2. The van der Waals surface area contributed by atoms with Gasteiger partial charge in [0.2, 0.25) is 5.91 Å². The third kappa shape index (κ3) is 4.13. The van der Waals surface area contributed by atoms with E-state index in [4.69, 9.17) is 0 Å². The van der Waals surface area contributed by atoms with Gasteiger partial charge in [-0.25, -0.2) is 15.0 Å². The standard InChI is InChI=1S/C22H26N6O/c1-3-17-6-4-5-7-19(17)26-22(29)18-8-11-27(12-9-18)20-14-21(25-15-24-20)28-13-10-23-16(28)2/h4-7,10,13-15,18H,3,8-9,11-12H2,1-2H3,(H,26,29). The maximum absolute atomic E-state index is 12.8. The van der Waals surface area contributed by atoms with Gasteiger partial charge in [-0.15, -0.1) is 0 Å². The Morgan fingerprint density at radius 3 is 2.62 bits per heavy atom. The molecule has 2 aromatic heterocycles. The highest BCUT2D eigenvalue weighted by Crippen LogP contribution is 2.25. The molecule has 1 aliphatic heterocycles. The molecular weight excluding hydrogens is 364 g/mol. The van der Waals surface area contributed by atoms with Crippen molar-refractivity contribution in [3.8, 4) is 5.82 Å². The van der Waals surface area contributed by atoms with Gasteiger partial charge < -0.3 is 10.2 Å². The zero-order valence-corrected chi connectivity index (χ0v) is 16.9. The van der Waals surface area contributed by atoms with Crippen LogP contribution in [0.2, 0.25) is 0 Å². The second-order valence-corrected chi connectivity index (χ2v) is 7.34. The maximum Gasteiger partial charge on any atom is 0.227 e. The highest BCUT2D eigenvalue weighted by molar-refractivity contribution is 5.93. The minimum absolute atomic E-state index is 0.0216. The number of piperidine rings is 1. The van der Waals surface area contributed by atoms with E-state index in [1.807, 2.05) is 42.0 Å². The Bertz CT molecular complexity index is 990. The van der Waals surface area contributed by atoms with E-state index in [9.17, 15) is 4.79 Å². The topological polar surface area (TPSA) is 75.9 Å². The lowest BCUT2D eigenvalue weighted by Crippen LogP contribution is -2.38. The summed E-state index contributed by atoms with van der Waals surface area (Å²) in [4.78, 5) is 28.0. The molecule has 3 aromatic rings. The first-order valence-electron chi connectivity index (χ1n) is 10.1. The fourth-order valence-electron chi connectivity index (χ4n) is 3.82. The number of hydrogen-bond acceptors (Lipinski definition) is 5. The third-order valence-electron chi connectivity index (χ3n) is 5.56. The van der Waals surface area contributed by atoms with Crippen LogP contribution >= 0.6 is 0 Å². The summed E-state index contributed by atoms with van der Waals surface area (Å²) in [5, 5.41) is 3.13. The number of carbonyl (C=O) groups excluding carboxylic acids is 1. The van der Waals surface area contributed by atoms with Gasteiger partial charge in [0, 0.05) is 43.2 Å². The molecule has 3 heterocycles. The molecule has 7 heteroatoms. The molecule has 1 N–H and O–H groups in total. The van der Waals surface area contributed by atoms with Gasteiger partial charge in [-0.1, -0.05) is 25.1 Å². The fourth-order valence-corrected chi connectivity index (χ4v) is 3.82. The average Bonchev–Trinajstić information content (AvgIpc) is 3.20. The zero-order valence-electron chi connectivity index (χ0n) is 16.9. The number of amides is 1. The quantitative estimate of drug-likeness (QED) is 0.723. The van der Waals surface area contributed by atoms with Crippen molar-refractivity contribution in [3.05, 3.63) is 60.4 Å². The third-order valence-corrected chi connectivity index (χ3v) is 5.56. The Morgan fingerprint density at radius 1 is 1.14 bits per heavy atom. The van der Waals surface area contributed by atoms with Gasteiger partial charge in [0.15, 0.2) is 0 Å². The second-order valence-electron chi connectivity index (χ2n) is 7.34. The van der Waals surface area contributed by atoms with Crippen molar-refractivity contribution in [2.24, 2.45) is 5.92 Å². The summed E-state index contributed by atoms with van der Waals surface area (Å²) in [6.07, 6.45) is 7.77. The summed E-state index contributed by atoms with van der Waals surface area (Å²) in [6.45, 7) is 5.65. The fraction of sp³-hybridized carbons (Fsp3) is 0.364. The Balaban J connectivity index is 1.39. The van der Waals surface area contributed by atoms with E-state index >= 15 is 0 Å². The van der Waals surface area contributed by atoms with Gasteiger partial charge in [0.05, 0.1) is 0 Å². The van der Waals surface area contributed by atoms with E-state index in [1.165, 1.54) is 5.56 Å². The summed E-state index contributed by atoms with van der Waals surface area (Å²) in [5.74, 6) is 2.72. The number of imidazole rings is 1. The number of anilines is 2. The lowest BCUT2D eigenvalue weighted by atomic mass is 9.95. The van der Waals surface area contributed by atoms with Crippen LogP contribution in [0.15, 0.2) is 49.1 Å². The average molecular weight is 390 g/mol. The van der Waals surface area contributed by atoms with Crippen LogP contribution in [-0.2, 0) is 11.2 Å². The minimum Gasteiger partial charge on any atom is -0.356 e. The van der Waals surface area contributed by atoms with E-state index < -0.39 is 0 Å². The summed E-state index contributed by atoms with van der Waals surface area (Å²) in [7, 11) is 0. The number of nitrogens with zero attached hydrogens (tertiary/aromatic N) is 5. The molecule has 0 atom stereocenters. The van der Waals surface area contributed by atoms with E-state index in [1.54, 1.807) is 12.5 Å². The van der Waals surface area contributed by atoms with Gasteiger partial charge in [-0.05, 0) is 37.8 Å². The van der Waals surface area contributed by atoms with Crippen molar-refractivity contribution in [2.75, 3.05) is 23.3 Å². The zero-order chi connectivity index (χ0) is 20.2. The molecule has 0 unspecified atom stereocenters. The number of rotatable bonds is 5. The highest BCUT2D eigenvalue weighted by atomic mass is 16.1. The summed E-state index contributed by atoms with van der Waals surface area (Å²) < 4.78 is 1.94. The normalized spacial score (nSPS) is 14.8. The van der Waals surface area contributed by atoms with Crippen molar-refractivity contribution >= 4 is 17.4 Å². The highest BCUT2D eigenvalue weighted by Gasteiger charge is 2.26. The largest absolute Gasteiger partial charge is 0.356 e. The first-order chi connectivity index (χ1) is 14.2. The lowest BCUT2D eigenvalue weighted by molar-refractivity contribution is -0.120. The Hall–Kier alpha value is -3.22. The molecular formula is C22H26N6O. The summed E-state index contributed by atoms with van der Waals surface area (Å²) in [6, 6.07) is 9.99. The Kier molecular flexibility index (Phi) is 5.55. The number of para-hydroxylation sites is 1. The minimum atomic E-state index is 0.0216. The molecule has 0 saturated carbocycles. The van der Waals surface area contributed by atoms with Crippen LogP contribution in [0.1, 0.15) is 31.2 Å². The SMILES string of the molecule is CCc1ccccc1NC(=O)C1CCN(c2cc(-n3ccnc3C)ncn2)CC1. The Morgan fingerprint density at radius 2 is 1.90 bits per heavy atom. The summed E-state index contributed by atoms with van der Waals surface area (Å²) in [5.41, 5.74) is 2.10. The first-order valence-corrected chi connectivity index (χ1v) is 10.1. The molecule has 0 bridgehead atoms. The van der Waals surface area contributed by atoms with Crippen LogP contribution in [-0.4, -0.2) is 38.5 Å². The second kappa shape index (κ2) is 8.43. The van der Waals surface area contributed by atoms with Crippen molar-refractivity contribution in [2.45, 2.75) is 33.1 Å². The van der Waals surface area contributed by atoms with E-state index in [0.29, 0.717) is 0 Å². The molecule has 0 radical (unpaired) electrons. The molecule has 1 fully saturated rings. The van der Waals surface area contributed by atoms with Gasteiger partial charge >= 0.3 is 0 Å². The first kappa shape index (κ1) is 19.1. The number of hydrogen-bond donors (Lipinski definition) is 1. The van der Waals surface area contributed by atoms with Crippen molar-refractivity contribution in [1.29, 1.82) is 0 Å². The smallest absolute Gasteiger partial charge is 0.227 e. The van der Waals surface area contributed by atoms with E-state index in [0.717, 1.165) is 55.5 Å². The van der Waals surface area contributed by atoms with Crippen molar-refractivity contribution in [3.63, 3.8) is 0 Å². The molecule has 1 saturated heterocycles. The maximum atomic E-state index is 12.8. The monoisotopic (exact) mass is 390 g/mol. The number of carbonyl (C=O) groups is 1.